The molecule has 3 heteroatoms. The van der Waals surface area contributed by atoms with Crippen molar-refractivity contribution >= 4 is 21.4 Å². The zero-order chi connectivity index (χ0) is 9.38. The Labute approximate surface area is 86.1 Å². The number of hydrogen-bond acceptors (Lipinski definition) is 3. The van der Waals surface area contributed by atoms with E-state index in [9.17, 15) is 0 Å². The highest BCUT2D eigenvalue weighted by Crippen LogP contribution is 2.29. The summed E-state index contributed by atoms with van der Waals surface area (Å²) in [6.45, 7) is 1.52. The molecule has 2 heterocycles. The Hall–Kier alpha value is -1.06. The van der Waals surface area contributed by atoms with E-state index in [1.165, 1.54) is 10.1 Å². The minimum Gasteiger partial charge on any atom is -0.490 e. The highest BCUT2D eigenvalue weighted by atomic mass is 32.1. The average Bonchev–Trinajstić information content (AvgIpc) is 2.91. The van der Waals surface area contributed by atoms with Gasteiger partial charge in [0, 0.05) is 10.1 Å². The first-order chi connectivity index (χ1) is 6.93. The lowest BCUT2D eigenvalue weighted by Crippen LogP contribution is -2.03. The van der Waals surface area contributed by atoms with Crippen LogP contribution in [0.5, 0.6) is 5.75 Å². The van der Waals surface area contributed by atoms with Gasteiger partial charge in [0.15, 0.2) is 0 Å². The van der Waals surface area contributed by atoms with Crippen LogP contribution in [0, 0.1) is 0 Å². The fourth-order valence-electron chi connectivity index (χ4n) is 1.44. The van der Waals surface area contributed by atoms with Gasteiger partial charge in [0.1, 0.15) is 18.5 Å². The Morgan fingerprint density at radius 1 is 1.43 bits per heavy atom. The zero-order valence-corrected chi connectivity index (χ0v) is 8.42. The van der Waals surface area contributed by atoms with Gasteiger partial charge >= 0.3 is 0 Å². The van der Waals surface area contributed by atoms with Gasteiger partial charge in [-0.3, -0.25) is 0 Å². The van der Waals surface area contributed by atoms with Crippen molar-refractivity contribution in [3.63, 3.8) is 0 Å². The summed E-state index contributed by atoms with van der Waals surface area (Å²) in [6.07, 6.45) is 0.323. The summed E-state index contributed by atoms with van der Waals surface area (Å²) >= 11 is 1.74. The molecule has 1 saturated heterocycles. The first kappa shape index (κ1) is 8.26. The fourth-order valence-corrected chi connectivity index (χ4v) is 2.24. The summed E-state index contributed by atoms with van der Waals surface area (Å²) in [4.78, 5) is 0. The Kier molecular flexibility index (Phi) is 1.92. The maximum atomic E-state index is 5.68. The van der Waals surface area contributed by atoms with Gasteiger partial charge in [-0.1, -0.05) is 6.07 Å². The molecule has 0 bridgehead atoms. The molecule has 1 aliphatic rings. The summed E-state index contributed by atoms with van der Waals surface area (Å²) in [5.74, 6) is 0.972. The van der Waals surface area contributed by atoms with Crippen LogP contribution in [0.4, 0.5) is 0 Å². The molecule has 0 spiro atoms. The molecule has 0 radical (unpaired) electrons. The molecular weight excluding hydrogens is 196 g/mol. The van der Waals surface area contributed by atoms with E-state index < -0.39 is 0 Å². The molecule has 0 unspecified atom stereocenters. The van der Waals surface area contributed by atoms with Gasteiger partial charge in [-0.25, -0.2) is 0 Å². The SMILES string of the molecule is c1cc(OC[C@@H]2CO2)c2ccsc2c1. The Bertz CT molecular complexity index is 445. The van der Waals surface area contributed by atoms with Crippen molar-refractivity contribution in [3.05, 3.63) is 29.6 Å². The zero-order valence-electron chi connectivity index (χ0n) is 7.60. The van der Waals surface area contributed by atoms with Crippen molar-refractivity contribution in [2.24, 2.45) is 0 Å². The molecule has 2 nitrogen and oxygen atoms in total. The summed E-state index contributed by atoms with van der Waals surface area (Å²) in [7, 11) is 0. The molecule has 0 saturated carbocycles. The largest absolute Gasteiger partial charge is 0.490 e. The maximum Gasteiger partial charge on any atom is 0.128 e. The van der Waals surface area contributed by atoms with Crippen LogP contribution in [0.3, 0.4) is 0 Å². The van der Waals surface area contributed by atoms with E-state index in [0.717, 1.165) is 12.4 Å². The predicted molar refractivity (Wildman–Crippen MR) is 57.1 cm³/mol. The lowest BCUT2D eigenvalue weighted by molar-refractivity contribution is 0.265. The Morgan fingerprint density at radius 2 is 2.36 bits per heavy atom. The predicted octanol–water partition coefficient (Wildman–Crippen LogP) is 2.68. The third kappa shape index (κ3) is 1.49. The van der Waals surface area contributed by atoms with E-state index in [4.69, 9.17) is 9.47 Å². The number of ether oxygens (including phenoxy) is 2. The lowest BCUT2D eigenvalue weighted by atomic mass is 10.2. The van der Waals surface area contributed by atoms with Gasteiger partial charge in [0.25, 0.3) is 0 Å². The van der Waals surface area contributed by atoms with Crippen LogP contribution in [-0.4, -0.2) is 19.3 Å². The van der Waals surface area contributed by atoms with Crippen molar-refractivity contribution in [1.82, 2.24) is 0 Å². The quantitative estimate of drug-likeness (QED) is 0.720. The second-order valence-corrected chi connectivity index (χ2v) is 4.30. The molecule has 0 amide bonds. The Balaban J connectivity index is 1.89. The third-order valence-electron chi connectivity index (χ3n) is 2.28. The van der Waals surface area contributed by atoms with E-state index in [1.54, 1.807) is 11.3 Å². The molecule has 1 aromatic carbocycles. The number of rotatable bonds is 3. The molecule has 1 fully saturated rings. The lowest BCUT2D eigenvalue weighted by Gasteiger charge is -2.04. The summed E-state index contributed by atoms with van der Waals surface area (Å²) < 4.78 is 12.1. The van der Waals surface area contributed by atoms with Crippen LogP contribution >= 0.6 is 11.3 Å². The first-order valence-corrected chi connectivity index (χ1v) is 5.52. The van der Waals surface area contributed by atoms with Crippen molar-refractivity contribution in [2.45, 2.75) is 6.10 Å². The van der Waals surface area contributed by atoms with Crippen LogP contribution in [0.1, 0.15) is 0 Å². The molecular formula is C11H10O2S. The number of thiophene rings is 1. The standard InChI is InChI=1S/C11H10O2S/c1-2-10(13-7-8-6-12-8)9-4-5-14-11(9)3-1/h1-5,8H,6-7H2/t8-/m0/s1. The van der Waals surface area contributed by atoms with Gasteiger partial charge in [0.2, 0.25) is 0 Å². The topological polar surface area (TPSA) is 21.8 Å². The monoisotopic (exact) mass is 206 g/mol. The van der Waals surface area contributed by atoms with Gasteiger partial charge in [-0.2, -0.15) is 0 Å². The summed E-state index contributed by atoms with van der Waals surface area (Å²) in [5.41, 5.74) is 0. The van der Waals surface area contributed by atoms with Crippen molar-refractivity contribution in [2.75, 3.05) is 13.2 Å². The highest BCUT2D eigenvalue weighted by Gasteiger charge is 2.23. The van der Waals surface area contributed by atoms with Crippen LogP contribution in [0.25, 0.3) is 10.1 Å². The number of benzene rings is 1. The van der Waals surface area contributed by atoms with Crippen LogP contribution < -0.4 is 4.74 Å². The molecule has 72 valence electrons. The van der Waals surface area contributed by atoms with Crippen molar-refractivity contribution in [1.29, 1.82) is 0 Å². The smallest absolute Gasteiger partial charge is 0.128 e. The fraction of sp³-hybridized carbons (Fsp3) is 0.273. The number of hydrogen-bond donors (Lipinski definition) is 0. The van der Waals surface area contributed by atoms with E-state index >= 15 is 0 Å². The maximum absolute atomic E-state index is 5.68. The molecule has 14 heavy (non-hydrogen) atoms. The summed E-state index contributed by atoms with van der Waals surface area (Å²) in [5, 5.41) is 3.30. The molecule has 1 aliphatic heterocycles. The van der Waals surface area contributed by atoms with Gasteiger partial charge in [0.05, 0.1) is 6.61 Å². The summed E-state index contributed by atoms with van der Waals surface area (Å²) in [6, 6.07) is 8.25. The van der Waals surface area contributed by atoms with Crippen LogP contribution in [-0.2, 0) is 4.74 Å². The second kappa shape index (κ2) is 3.26. The van der Waals surface area contributed by atoms with E-state index in [2.05, 4.69) is 17.5 Å². The van der Waals surface area contributed by atoms with E-state index in [1.807, 2.05) is 12.1 Å². The minimum absolute atomic E-state index is 0.323. The second-order valence-electron chi connectivity index (χ2n) is 3.35. The van der Waals surface area contributed by atoms with Gasteiger partial charge in [-0.05, 0) is 23.6 Å². The highest BCUT2D eigenvalue weighted by molar-refractivity contribution is 7.17. The third-order valence-corrected chi connectivity index (χ3v) is 3.17. The molecule has 1 aromatic heterocycles. The molecule has 2 aromatic rings. The van der Waals surface area contributed by atoms with Crippen molar-refractivity contribution in [3.8, 4) is 5.75 Å². The molecule has 0 aliphatic carbocycles. The average molecular weight is 206 g/mol. The van der Waals surface area contributed by atoms with Crippen molar-refractivity contribution < 1.29 is 9.47 Å². The number of fused-ring (bicyclic) bond motifs is 1. The van der Waals surface area contributed by atoms with E-state index in [0.29, 0.717) is 12.7 Å². The van der Waals surface area contributed by atoms with E-state index in [-0.39, 0.29) is 0 Å². The van der Waals surface area contributed by atoms with Gasteiger partial charge < -0.3 is 9.47 Å². The number of epoxide rings is 1. The normalized spacial score (nSPS) is 19.9. The van der Waals surface area contributed by atoms with Gasteiger partial charge in [-0.15, -0.1) is 11.3 Å². The molecule has 3 rings (SSSR count). The first-order valence-electron chi connectivity index (χ1n) is 4.64. The Morgan fingerprint density at radius 3 is 3.21 bits per heavy atom. The molecule has 0 N–H and O–H groups in total. The van der Waals surface area contributed by atoms with Crippen LogP contribution in [0.2, 0.25) is 0 Å². The molecule has 1 atom stereocenters. The minimum atomic E-state index is 0.323. The van der Waals surface area contributed by atoms with Crippen LogP contribution in [0.15, 0.2) is 29.6 Å².